The summed E-state index contributed by atoms with van der Waals surface area (Å²) in [5, 5.41) is 21.4. The highest BCUT2D eigenvalue weighted by Crippen LogP contribution is 2.39. The van der Waals surface area contributed by atoms with E-state index in [4.69, 9.17) is 9.72 Å². The molecule has 2 N–H and O–H groups in total. The topological polar surface area (TPSA) is 62.6 Å². The first-order valence-electron chi connectivity index (χ1n) is 10.0. The van der Waals surface area contributed by atoms with Crippen molar-refractivity contribution < 1.29 is 14.9 Å². The van der Waals surface area contributed by atoms with Crippen molar-refractivity contribution in [2.45, 2.75) is 39.2 Å². The largest absolute Gasteiger partial charge is 0.493 e. The highest BCUT2D eigenvalue weighted by Gasteiger charge is 2.22. The van der Waals surface area contributed by atoms with Gasteiger partial charge in [-0.3, -0.25) is 4.98 Å². The minimum Gasteiger partial charge on any atom is -0.493 e. The Balaban J connectivity index is 2.08. The van der Waals surface area contributed by atoms with Gasteiger partial charge in [-0.2, -0.15) is 0 Å². The molecule has 2 aromatic carbocycles. The van der Waals surface area contributed by atoms with Crippen molar-refractivity contribution in [3.05, 3.63) is 52.7 Å². The van der Waals surface area contributed by atoms with Gasteiger partial charge in [-0.15, -0.1) is 0 Å². The number of benzene rings is 2. The first-order valence-corrected chi connectivity index (χ1v) is 10.0. The molecule has 4 rings (SSSR count). The van der Waals surface area contributed by atoms with Crippen LogP contribution in [0.1, 0.15) is 41.8 Å². The summed E-state index contributed by atoms with van der Waals surface area (Å²) in [5.74, 6) is 0.944. The third-order valence-electron chi connectivity index (χ3n) is 5.63. The molecular weight excluding hydrogens is 349 g/mol. The molecule has 0 bridgehead atoms. The fourth-order valence-electron chi connectivity index (χ4n) is 4.33. The fraction of sp³-hybridized carbons (Fsp3) is 0.348. The standard InChI is InChI=1S/C23H26BNO3/c1-3-14-10-17(24)11-18-22(21(19(27)12-26)13(2)25-23(14)18)16-6-7-20-15(9-16)5-4-8-28-20/h6-7,9-11,19,26-27H,3-5,8,12,24H2,1-2H3/t19-/m1/s1. The molecular formula is C23H26BNO3. The number of hydrogen-bond acceptors (Lipinski definition) is 4. The summed E-state index contributed by atoms with van der Waals surface area (Å²) in [6.07, 6.45) is 1.93. The summed E-state index contributed by atoms with van der Waals surface area (Å²) in [6, 6.07) is 10.6. The number of fused-ring (bicyclic) bond motifs is 2. The second kappa shape index (κ2) is 7.57. The van der Waals surface area contributed by atoms with Gasteiger partial charge in [0.05, 0.1) is 18.7 Å². The van der Waals surface area contributed by atoms with Crippen molar-refractivity contribution in [1.29, 1.82) is 0 Å². The Bertz CT molecular complexity index is 1050. The van der Waals surface area contributed by atoms with Crippen LogP contribution in [0.2, 0.25) is 0 Å². The number of nitrogens with zero attached hydrogens (tertiary/aromatic N) is 1. The fourth-order valence-corrected chi connectivity index (χ4v) is 4.33. The molecule has 1 aliphatic rings. The molecule has 0 saturated carbocycles. The summed E-state index contributed by atoms with van der Waals surface area (Å²) in [4.78, 5) is 4.83. The Hall–Kier alpha value is -2.37. The second-order valence-electron chi connectivity index (χ2n) is 7.63. The quantitative estimate of drug-likeness (QED) is 0.688. The zero-order valence-electron chi connectivity index (χ0n) is 16.7. The minimum absolute atomic E-state index is 0.332. The van der Waals surface area contributed by atoms with Crippen molar-refractivity contribution >= 4 is 24.2 Å². The van der Waals surface area contributed by atoms with Crippen molar-refractivity contribution in [1.82, 2.24) is 4.98 Å². The number of pyridine rings is 1. The maximum atomic E-state index is 10.6. The summed E-state index contributed by atoms with van der Waals surface area (Å²) < 4.78 is 5.78. The smallest absolute Gasteiger partial charge is 0.139 e. The number of aryl methyl sites for hydroxylation is 3. The number of ether oxygens (including phenoxy) is 1. The van der Waals surface area contributed by atoms with Crippen LogP contribution < -0.4 is 10.2 Å². The first kappa shape index (κ1) is 19.0. The van der Waals surface area contributed by atoms with Crippen LogP contribution in [-0.4, -0.2) is 36.3 Å². The highest BCUT2D eigenvalue weighted by atomic mass is 16.5. The molecule has 0 fully saturated rings. The SMILES string of the molecule is Bc1cc(CC)c2nc(C)c([C@H](O)CO)c(-c3ccc4c(c3)CCCO4)c2c1. The van der Waals surface area contributed by atoms with Crippen LogP contribution in [0.15, 0.2) is 30.3 Å². The van der Waals surface area contributed by atoms with E-state index in [1.807, 2.05) is 13.0 Å². The maximum absolute atomic E-state index is 10.6. The average Bonchev–Trinajstić information content (AvgIpc) is 2.71. The molecule has 0 spiro atoms. The molecule has 28 heavy (non-hydrogen) atoms. The monoisotopic (exact) mass is 375 g/mol. The third kappa shape index (κ3) is 3.19. The Labute approximate surface area is 166 Å². The molecule has 0 radical (unpaired) electrons. The number of hydrogen-bond donors (Lipinski definition) is 2. The number of aliphatic hydroxyl groups is 2. The van der Waals surface area contributed by atoms with E-state index >= 15 is 0 Å². The lowest BCUT2D eigenvalue weighted by Gasteiger charge is -2.23. The summed E-state index contributed by atoms with van der Waals surface area (Å²) >= 11 is 0. The van der Waals surface area contributed by atoms with Gasteiger partial charge >= 0.3 is 0 Å². The van der Waals surface area contributed by atoms with E-state index in [0.717, 1.165) is 59.3 Å². The van der Waals surface area contributed by atoms with E-state index < -0.39 is 6.10 Å². The molecule has 2 heterocycles. The molecule has 0 saturated heterocycles. The van der Waals surface area contributed by atoms with Gasteiger partial charge in [0.2, 0.25) is 0 Å². The molecule has 1 atom stereocenters. The molecule has 144 valence electrons. The van der Waals surface area contributed by atoms with Gasteiger partial charge in [-0.1, -0.05) is 30.6 Å². The average molecular weight is 375 g/mol. The van der Waals surface area contributed by atoms with Crippen LogP contribution in [0, 0.1) is 6.92 Å². The van der Waals surface area contributed by atoms with E-state index in [-0.39, 0.29) is 6.61 Å². The van der Waals surface area contributed by atoms with Gasteiger partial charge in [-0.05, 0) is 60.6 Å². The van der Waals surface area contributed by atoms with Crippen LogP contribution in [-0.2, 0) is 12.8 Å². The molecule has 0 unspecified atom stereocenters. The number of rotatable bonds is 4. The predicted octanol–water partition coefficient (Wildman–Crippen LogP) is 2.38. The zero-order valence-corrected chi connectivity index (χ0v) is 16.7. The number of aromatic nitrogens is 1. The van der Waals surface area contributed by atoms with Crippen LogP contribution in [0.5, 0.6) is 5.75 Å². The van der Waals surface area contributed by atoms with Crippen LogP contribution in [0.3, 0.4) is 0 Å². The van der Waals surface area contributed by atoms with Gasteiger partial charge in [0.15, 0.2) is 0 Å². The van der Waals surface area contributed by atoms with E-state index in [2.05, 4.69) is 39.0 Å². The highest BCUT2D eigenvalue weighted by molar-refractivity contribution is 6.33. The third-order valence-corrected chi connectivity index (χ3v) is 5.63. The van der Waals surface area contributed by atoms with Crippen molar-refractivity contribution in [2.75, 3.05) is 13.2 Å². The van der Waals surface area contributed by atoms with Gasteiger partial charge in [0.25, 0.3) is 0 Å². The number of aliphatic hydroxyl groups excluding tert-OH is 2. The van der Waals surface area contributed by atoms with Crippen molar-refractivity contribution in [2.24, 2.45) is 0 Å². The predicted molar refractivity (Wildman–Crippen MR) is 115 cm³/mol. The van der Waals surface area contributed by atoms with Crippen molar-refractivity contribution in [3.8, 4) is 16.9 Å². The normalized spacial score (nSPS) is 14.6. The minimum atomic E-state index is -0.968. The van der Waals surface area contributed by atoms with Gasteiger partial charge < -0.3 is 14.9 Å². The molecule has 3 aromatic rings. The summed E-state index contributed by atoms with van der Waals surface area (Å²) in [7, 11) is 2.09. The van der Waals surface area contributed by atoms with Gasteiger partial charge in [-0.25, -0.2) is 0 Å². The zero-order chi connectivity index (χ0) is 19.8. The molecule has 4 nitrogen and oxygen atoms in total. The van der Waals surface area contributed by atoms with Gasteiger partial charge in [0.1, 0.15) is 19.7 Å². The molecule has 1 aromatic heterocycles. The molecule has 0 aliphatic carbocycles. The lowest BCUT2D eigenvalue weighted by molar-refractivity contribution is 0.0953. The lowest BCUT2D eigenvalue weighted by atomic mass is 9.85. The molecule has 5 heteroatoms. The summed E-state index contributed by atoms with van der Waals surface area (Å²) in [6.45, 7) is 4.48. The van der Waals surface area contributed by atoms with Crippen LogP contribution >= 0.6 is 0 Å². The van der Waals surface area contributed by atoms with Gasteiger partial charge in [0, 0.05) is 16.6 Å². The Morgan fingerprint density at radius 2 is 2.07 bits per heavy atom. The Kier molecular flexibility index (Phi) is 5.13. The maximum Gasteiger partial charge on any atom is 0.139 e. The lowest BCUT2D eigenvalue weighted by Crippen LogP contribution is -2.12. The molecule has 1 aliphatic heterocycles. The second-order valence-corrected chi connectivity index (χ2v) is 7.63. The summed E-state index contributed by atoms with van der Waals surface area (Å²) in [5.41, 5.74) is 8.01. The Morgan fingerprint density at radius 1 is 1.25 bits per heavy atom. The van der Waals surface area contributed by atoms with E-state index in [9.17, 15) is 10.2 Å². The molecule has 0 amide bonds. The van der Waals surface area contributed by atoms with Crippen LogP contribution in [0.4, 0.5) is 0 Å². The van der Waals surface area contributed by atoms with Crippen molar-refractivity contribution in [3.63, 3.8) is 0 Å². The first-order chi connectivity index (χ1) is 13.5. The Morgan fingerprint density at radius 3 is 2.82 bits per heavy atom. The van der Waals surface area contributed by atoms with Crippen LogP contribution in [0.25, 0.3) is 22.0 Å². The van der Waals surface area contributed by atoms with E-state index in [0.29, 0.717) is 5.56 Å². The van der Waals surface area contributed by atoms with E-state index in [1.165, 1.54) is 16.6 Å². The van der Waals surface area contributed by atoms with E-state index in [1.54, 1.807) is 0 Å².